The Morgan fingerprint density at radius 1 is 1.67 bits per heavy atom. The molecule has 0 aromatic heterocycles. The lowest BCUT2D eigenvalue weighted by atomic mass is 10.3. The van der Waals surface area contributed by atoms with Crippen LogP contribution in [0.15, 0.2) is 28.1 Å². The second kappa shape index (κ2) is 1.64. The van der Waals surface area contributed by atoms with Gasteiger partial charge in [-0.05, 0) is 6.08 Å². The number of aliphatic imine (C=N–C) groups is 1. The van der Waals surface area contributed by atoms with Gasteiger partial charge in [0.15, 0.2) is 5.17 Å². The van der Waals surface area contributed by atoms with Crippen LogP contribution in [0, 0.1) is 0 Å². The van der Waals surface area contributed by atoms with Crippen LogP contribution in [0.5, 0.6) is 0 Å². The molecule has 2 N–H and O–H groups in total. The maximum atomic E-state index is 5.46. The number of hydrogen-bond donors (Lipinski definition) is 1. The zero-order valence-electron chi connectivity index (χ0n) is 4.74. The van der Waals surface area contributed by atoms with Gasteiger partial charge in [0.05, 0.1) is 0 Å². The Kier molecular flexibility index (Phi) is 0.931. The van der Waals surface area contributed by atoms with Gasteiger partial charge in [0.25, 0.3) is 0 Å². The fourth-order valence-electron chi connectivity index (χ4n) is 0.934. The molecule has 0 radical (unpaired) electrons. The first-order chi connectivity index (χ1) is 4.36. The molecule has 0 aromatic rings. The topological polar surface area (TPSA) is 38.4 Å². The van der Waals surface area contributed by atoms with Crippen molar-refractivity contribution in [1.82, 2.24) is 0 Å². The van der Waals surface area contributed by atoms with Crippen LogP contribution in [0.1, 0.15) is 0 Å². The first-order valence-corrected chi connectivity index (χ1v) is 3.57. The van der Waals surface area contributed by atoms with Gasteiger partial charge in [0.2, 0.25) is 0 Å². The summed E-state index contributed by atoms with van der Waals surface area (Å²) in [6, 6.07) is 0.259. The highest BCUT2D eigenvalue weighted by Gasteiger charge is 2.21. The maximum Gasteiger partial charge on any atom is 0.159 e. The zero-order chi connectivity index (χ0) is 6.27. The molecule has 0 bridgehead atoms. The summed E-state index contributed by atoms with van der Waals surface area (Å²) in [5.41, 5.74) is 5.46. The third kappa shape index (κ3) is 0.685. The molecule has 0 aromatic carbocycles. The van der Waals surface area contributed by atoms with E-state index in [9.17, 15) is 0 Å². The fourth-order valence-corrected chi connectivity index (χ4v) is 1.74. The highest BCUT2D eigenvalue weighted by molar-refractivity contribution is 8.17. The molecule has 2 nitrogen and oxygen atoms in total. The predicted molar refractivity (Wildman–Crippen MR) is 40.2 cm³/mol. The van der Waals surface area contributed by atoms with Gasteiger partial charge >= 0.3 is 0 Å². The first kappa shape index (κ1) is 5.11. The molecular formula is C6H6N2S. The molecule has 1 atom stereocenters. The lowest BCUT2D eigenvalue weighted by molar-refractivity contribution is 1.04. The second-order valence-electron chi connectivity index (χ2n) is 1.97. The summed E-state index contributed by atoms with van der Waals surface area (Å²) in [4.78, 5) is 5.41. The van der Waals surface area contributed by atoms with E-state index in [1.807, 2.05) is 12.2 Å². The van der Waals surface area contributed by atoms with Crippen molar-refractivity contribution in [1.29, 1.82) is 0 Å². The van der Waals surface area contributed by atoms with Crippen molar-refractivity contribution in [2.75, 3.05) is 0 Å². The molecule has 0 spiro atoms. The minimum Gasteiger partial charge on any atom is -0.378 e. The van der Waals surface area contributed by atoms with Gasteiger partial charge in [-0.3, -0.25) is 0 Å². The number of allylic oxidation sites excluding steroid dienone is 2. The summed E-state index contributed by atoms with van der Waals surface area (Å²) in [6.45, 7) is 0. The summed E-state index contributed by atoms with van der Waals surface area (Å²) in [5.74, 6) is 0. The average molecular weight is 138 g/mol. The van der Waals surface area contributed by atoms with Gasteiger partial charge in [-0.2, -0.15) is 0 Å². The monoisotopic (exact) mass is 138 g/mol. The van der Waals surface area contributed by atoms with Gasteiger partial charge in [-0.1, -0.05) is 23.9 Å². The van der Waals surface area contributed by atoms with Gasteiger partial charge in [-0.25, -0.2) is 4.99 Å². The normalized spacial score (nSPS) is 30.0. The Morgan fingerprint density at radius 2 is 2.56 bits per heavy atom. The molecule has 3 heteroatoms. The standard InChI is InChI=1S/C6H6N2S/c7-6-8-4-2-1-3-5(4)9-6/h1-4H,(H2,7,8). The minimum absolute atomic E-state index is 0.259. The van der Waals surface area contributed by atoms with Crippen LogP contribution in [0.3, 0.4) is 0 Å². The maximum absolute atomic E-state index is 5.46. The molecule has 46 valence electrons. The Hall–Kier alpha value is -0.700. The molecule has 1 unspecified atom stereocenters. The van der Waals surface area contributed by atoms with Crippen molar-refractivity contribution in [3.05, 3.63) is 23.1 Å². The molecule has 1 aliphatic heterocycles. The molecule has 0 saturated carbocycles. The van der Waals surface area contributed by atoms with Crippen molar-refractivity contribution in [3.63, 3.8) is 0 Å². The summed E-state index contributed by atoms with van der Waals surface area (Å²) < 4.78 is 0. The van der Waals surface area contributed by atoms with Crippen molar-refractivity contribution in [2.24, 2.45) is 10.7 Å². The number of amidine groups is 1. The zero-order valence-corrected chi connectivity index (χ0v) is 5.56. The largest absolute Gasteiger partial charge is 0.378 e. The van der Waals surface area contributed by atoms with E-state index in [1.54, 1.807) is 11.8 Å². The number of thioether (sulfide) groups is 1. The molecule has 0 saturated heterocycles. The van der Waals surface area contributed by atoms with Crippen LogP contribution in [-0.4, -0.2) is 11.2 Å². The summed E-state index contributed by atoms with van der Waals surface area (Å²) in [6.07, 6.45) is 6.11. The van der Waals surface area contributed by atoms with Crippen LogP contribution in [0.2, 0.25) is 0 Å². The van der Waals surface area contributed by atoms with E-state index in [1.165, 1.54) is 4.91 Å². The van der Waals surface area contributed by atoms with E-state index in [0.717, 1.165) is 0 Å². The lowest BCUT2D eigenvalue weighted by Crippen LogP contribution is -2.01. The molecular weight excluding hydrogens is 132 g/mol. The van der Waals surface area contributed by atoms with E-state index in [4.69, 9.17) is 5.73 Å². The Bertz CT molecular complexity index is 227. The molecule has 1 aliphatic carbocycles. The highest BCUT2D eigenvalue weighted by Crippen LogP contribution is 2.32. The SMILES string of the molecule is NC1=NC2C=CC=C2S1. The first-order valence-electron chi connectivity index (χ1n) is 2.76. The van der Waals surface area contributed by atoms with Gasteiger partial charge < -0.3 is 5.73 Å². The van der Waals surface area contributed by atoms with Crippen molar-refractivity contribution in [3.8, 4) is 0 Å². The van der Waals surface area contributed by atoms with E-state index in [-0.39, 0.29) is 6.04 Å². The predicted octanol–water partition coefficient (Wildman–Crippen LogP) is 0.870. The molecule has 0 amide bonds. The Labute approximate surface area is 57.5 Å². The number of nitrogens with two attached hydrogens (primary N) is 1. The molecule has 9 heavy (non-hydrogen) atoms. The summed E-state index contributed by atoms with van der Waals surface area (Å²) >= 11 is 1.56. The third-order valence-electron chi connectivity index (χ3n) is 1.33. The summed E-state index contributed by atoms with van der Waals surface area (Å²) in [7, 11) is 0. The molecule has 2 aliphatic rings. The number of hydrogen-bond acceptors (Lipinski definition) is 3. The number of nitrogens with zero attached hydrogens (tertiary/aromatic N) is 1. The quantitative estimate of drug-likeness (QED) is 0.539. The van der Waals surface area contributed by atoms with E-state index < -0.39 is 0 Å². The van der Waals surface area contributed by atoms with E-state index in [0.29, 0.717) is 5.17 Å². The van der Waals surface area contributed by atoms with Crippen LogP contribution < -0.4 is 5.73 Å². The van der Waals surface area contributed by atoms with Crippen LogP contribution in [-0.2, 0) is 0 Å². The second-order valence-corrected chi connectivity index (χ2v) is 3.06. The smallest absolute Gasteiger partial charge is 0.159 e. The Balaban J connectivity index is 2.35. The minimum atomic E-state index is 0.259. The molecule has 1 heterocycles. The van der Waals surface area contributed by atoms with Crippen LogP contribution in [0.4, 0.5) is 0 Å². The van der Waals surface area contributed by atoms with E-state index >= 15 is 0 Å². The van der Waals surface area contributed by atoms with Crippen LogP contribution in [0.25, 0.3) is 0 Å². The highest BCUT2D eigenvalue weighted by atomic mass is 32.2. The third-order valence-corrected chi connectivity index (χ3v) is 2.26. The van der Waals surface area contributed by atoms with Crippen molar-refractivity contribution >= 4 is 16.9 Å². The average Bonchev–Trinajstić information content (AvgIpc) is 2.22. The molecule has 2 rings (SSSR count). The van der Waals surface area contributed by atoms with Gasteiger partial charge in [0, 0.05) is 4.91 Å². The van der Waals surface area contributed by atoms with Gasteiger partial charge in [-0.15, -0.1) is 0 Å². The van der Waals surface area contributed by atoms with Gasteiger partial charge in [0.1, 0.15) is 6.04 Å². The Morgan fingerprint density at radius 3 is 3.33 bits per heavy atom. The van der Waals surface area contributed by atoms with Crippen LogP contribution >= 0.6 is 11.8 Å². The van der Waals surface area contributed by atoms with Crippen molar-refractivity contribution in [2.45, 2.75) is 6.04 Å². The lowest BCUT2D eigenvalue weighted by Gasteiger charge is -1.92. The number of fused-ring (bicyclic) bond motifs is 1. The number of rotatable bonds is 0. The van der Waals surface area contributed by atoms with E-state index in [2.05, 4.69) is 11.1 Å². The molecule has 0 fully saturated rings. The van der Waals surface area contributed by atoms with Crippen molar-refractivity contribution < 1.29 is 0 Å². The summed E-state index contributed by atoms with van der Waals surface area (Å²) in [5, 5.41) is 0.690. The fraction of sp³-hybridized carbons (Fsp3) is 0.167.